The van der Waals surface area contributed by atoms with Crippen molar-refractivity contribution in [2.24, 2.45) is 23.2 Å². The molecule has 0 radical (unpaired) electrons. The van der Waals surface area contributed by atoms with Crippen LogP contribution in [0.2, 0.25) is 0 Å². The molecule has 29 heavy (non-hydrogen) atoms. The molecule has 160 valence electrons. The van der Waals surface area contributed by atoms with Crippen molar-refractivity contribution < 1.29 is 14.2 Å². The van der Waals surface area contributed by atoms with Gasteiger partial charge < -0.3 is 14.7 Å². The van der Waals surface area contributed by atoms with Crippen molar-refractivity contribution in [3.8, 4) is 0 Å². The van der Waals surface area contributed by atoms with E-state index in [2.05, 4.69) is 9.80 Å². The zero-order chi connectivity index (χ0) is 19.8. The van der Waals surface area contributed by atoms with Crippen molar-refractivity contribution in [1.82, 2.24) is 4.90 Å². The average molecular weight is 403 g/mol. The number of hydrogen-bond donors (Lipinski definition) is 1. The summed E-state index contributed by atoms with van der Waals surface area (Å²) in [6.07, 6.45) is 8.06. The number of rotatable bonds is 7. The first-order valence-corrected chi connectivity index (χ1v) is 11.6. The smallest absolute Gasteiger partial charge is 0.123 e. The Kier molecular flexibility index (Phi) is 5.57. The first-order chi connectivity index (χ1) is 14.1. The van der Waals surface area contributed by atoms with Crippen molar-refractivity contribution in [2.75, 3.05) is 50.8 Å². The van der Waals surface area contributed by atoms with Crippen LogP contribution in [-0.2, 0) is 4.74 Å². The molecule has 1 aromatic rings. The van der Waals surface area contributed by atoms with Crippen LogP contribution in [-0.4, -0.2) is 62.0 Å². The highest BCUT2D eigenvalue weighted by Gasteiger charge is 2.50. The first kappa shape index (κ1) is 19.8. The number of anilines is 1. The lowest BCUT2D eigenvalue weighted by Gasteiger charge is -2.56. The lowest BCUT2D eigenvalue weighted by molar-refractivity contribution is -0.107. The van der Waals surface area contributed by atoms with Crippen molar-refractivity contribution >= 4 is 5.69 Å². The summed E-state index contributed by atoms with van der Waals surface area (Å²) in [6, 6.07) is 6.73. The average Bonchev–Trinajstić information content (AvgIpc) is 2.68. The predicted octanol–water partition coefficient (Wildman–Crippen LogP) is 3.54. The standard InChI is InChI=1S/C24H35FN2O2/c25-21-1-3-22(4-2-21)27-7-5-26(6-8-27)15-23(28)16-29-17-24-12-18-9-19(13-24)11-20(10-18)14-24/h1-4,18-20,23,28H,5-17H2/t18?,19?,20?,23-,24?/m0/s1. The molecular weight excluding hydrogens is 367 g/mol. The van der Waals surface area contributed by atoms with Crippen LogP contribution in [0.15, 0.2) is 24.3 Å². The van der Waals surface area contributed by atoms with Crippen molar-refractivity contribution in [3.63, 3.8) is 0 Å². The zero-order valence-electron chi connectivity index (χ0n) is 17.4. The summed E-state index contributed by atoms with van der Waals surface area (Å²) in [5, 5.41) is 10.5. The molecule has 0 amide bonds. The second-order valence-electron chi connectivity index (χ2n) is 10.4. The van der Waals surface area contributed by atoms with Gasteiger partial charge in [0, 0.05) is 38.4 Å². The molecule has 4 bridgehead atoms. The van der Waals surface area contributed by atoms with E-state index in [1.807, 2.05) is 12.1 Å². The fourth-order valence-electron chi connectivity index (χ4n) is 7.07. The lowest BCUT2D eigenvalue weighted by atomic mass is 9.50. The van der Waals surface area contributed by atoms with Crippen LogP contribution in [0.25, 0.3) is 0 Å². The maximum absolute atomic E-state index is 13.1. The van der Waals surface area contributed by atoms with Gasteiger partial charge in [0.2, 0.25) is 0 Å². The molecule has 0 unspecified atom stereocenters. The molecule has 1 heterocycles. The number of β-amino-alcohol motifs (C(OH)–C–C–N with tert-alkyl or cyclic N) is 1. The predicted molar refractivity (Wildman–Crippen MR) is 112 cm³/mol. The number of nitrogens with zero attached hydrogens (tertiary/aromatic N) is 2. The Bertz CT molecular complexity index is 651. The van der Waals surface area contributed by atoms with E-state index in [9.17, 15) is 9.50 Å². The minimum atomic E-state index is -0.415. The van der Waals surface area contributed by atoms with Gasteiger partial charge in [0.25, 0.3) is 0 Å². The topological polar surface area (TPSA) is 35.9 Å². The van der Waals surface area contributed by atoms with Crippen LogP contribution in [0.3, 0.4) is 0 Å². The minimum absolute atomic E-state index is 0.191. The molecule has 0 aromatic heterocycles. The zero-order valence-corrected chi connectivity index (χ0v) is 17.4. The molecule has 1 N–H and O–H groups in total. The second-order valence-corrected chi connectivity index (χ2v) is 10.4. The Morgan fingerprint density at radius 3 is 2.14 bits per heavy atom. The number of aliphatic hydroxyl groups excluding tert-OH is 1. The Labute approximate surface area is 174 Å². The largest absolute Gasteiger partial charge is 0.389 e. The Hall–Kier alpha value is -1.17. The van der Waals surface area contributed by atoms with Gasteiger partial charge in [-0.1, -0.05) is 0 Å². The van der Waals surface area contributed by atoms with Crippen LogP contribution in [0, 0.1) is 29.0 Å². The molecule has 1 aliphatic heterocycles. The molecule has 5 aliphatic rings. The molecule has 0 spiro atoms. The van der Waals surface area contributed by atoms with Gasteiger partial charge in [0.15, 0.2) is 0 Å². The Morgan fingerprint density at radius 2 is 1.55 bits per heavy atom. The summed E-state index contributed by atoms with van der Waals surface area (Å²) in [7, 11) is 0. The quantitative estimate of drug-likeness (QED) is 0.757. The van der Waals surface area contributed by atoms with E-state index in [4.69, 9.17) is 4.74 Å². The van der Waals surface area contributed by atoms with Crippen molar-refractivity contribution in [3.05, 3.63) is 30.1 Å². The molecule has 1 aromatic carbocycles. The van der Waals surface area contributed by atoms with Gasteiger partial charge in [-0.25, -0.2) is 4.39 Å². The molecule has 5 fully saturated rings. The van der Waals surface area contributed by atoms with Crippen LogP contribution in [0.4, 0.5) is 10.1 Å². The molecule has 5 heteroatoms. The van der Waals surface area contributed by atoms with Crippen molar-refractivity contribution in [1.29, 1.82) is 0 Å². The second kappa shape index (κ2) is 8.16. The third-order valence-corrected chi connectivity index (χ3v) is 7.92. The number of hydrogen-bond acceptors (Lipinski definition) is 4. The van der Waals surface area contributed by atoms with E-state index in [1.54, 1.807) is 0 Å². The minimum Gasteiger partial charge on any atom is -0.389 e. The third kappa shape index (κ3) is 4.47. The Balaban J connectivity index is 1.03. The fraction of sp³-hybridized carbons (Fsp3) is 0.750. The molecule has 4 nitrogen and oxygen atoms in total. The summed E-state index contributed by atoms with van der Waals surface area (Å²) in [5.74, 6) is 2.66. The molecule has 1 saturated heterocycles. The highest BCUT2D eigenvalue weighted by Crippen LogP contribution is 2.60. The molecule has 4 aliphatic carbocycles. The van der Waals surface area contributed by atoms with E-state index in [1.165, 1.54) is 50.7 Å². The van der Waals surface area contributed by atoms with Gasteiger partial charge in [-0.3, -0.25) is 4.90 Å². The summed E-state index contributed by atoms with van der Waals surface area (Å²) >= 11 is 0. The number of ether oxygens (including phenoxy) is 1. The van der Waals surface area contributed by atoms with Crippen LogP contribution in [0.5, 0.6) is 0 Å². The van der Waals surface area contributed by atoms with Crippen LogP contribution in [0.1, 0.15) is 38.5 Å². The SMILES string of the molecule is O[C@H](COCC12CC3CC(CC(C3)C1)C2)CN1CCN(c2ccc(F)cc2)CC1. The fourth-order valence-corrected chi connectivity index (χ4v) is 7.07. The number of aliphatic hydroxyl groups is 1. The number of halogens is 1. The lowest BCUT2D eigenvalue weighted by Crippen LogP contribution is -2.50. The van der Waals surface area contributed by atoms with Gasteiger partial charge in [0.1, 0.15) is 5.82 Å². The summed E-state index contributed by atoms with van der Waals surface area (Å²) < 4.78 is 19.2. The van der Waals surface area contributed by atoms with Crippen LogP contribution >= 0.6 is 0 Å². The third-order valence-electron chi connectivity index (χ3n) is 7.92. The van der Waals surface area contributed by atoms with Gasteiger partial charge in [-0.05, 0) is 86.0 Å². The highest BCUT2D eigenvalue weighted by atomic mass is 19.1. The maximum atomic E-state index is 13.1. The van der Waals surface area contributed by atoms with Gasteiger partial charge in [-0.2, -0.15) is 0 Å². The maximum Gasteiger partial charge on any atom is 0.123 e. The monoisotopic (exact) mass is 402 g/mol. The van der Waals surface area contributed by atoms with Gasteiger partial charge >= 0.3 is 0 Å². The molecule has 1 atom stereocenters. The van der Waals surface area contributed by atoms with E-state index in [0.29, 0.717) is 18.6 Å². The molecule has 6 rings (SSSR count). The summed E-state index contributed by atoms with van der Waals surface area (Å²) in [6.45, 7) is 5.65. The number of piperazine rings is 1. The normalized spacial score (nSPS) is 35.2. The van der Waals surface area contributed by atoms with E-state index < -0.39 is 6.10 Å². The van der Waals surface area contributed by atoms with Crippen molar-refractivity contribution in [2.45, 2.75) is 44.6 Å². The summed E-state index contributed by atoms with van der Waals surface area (Å²) in [5.41, 5.74) is 1.50. The molecular formula is C24H35FN2O2. The van der Waals surface area contributed by atoms with Crippen LogP contribution < -0.4 is 4.90 Å². The van der Waals surface area contributed by atoms with E-state index >= 15 is 0 Å². The highest BCUT2D eigenvalue weighted by molar-refractivity contribution is 5.46. The first-order valence-electron chi connectivity index (χ1n) is 11.6. The Morgan fingerprint density at radius 1 is 0.966 bits per heavy atom. The van der Waals surface area contributed by atoms with Gasteiger partial charge in [-0.15, -0.1) is 0 Å². The van der Waals surface area contributed by atoms with Gasteiger partial charge in [0.05, 0.1) is 19.3 Å². The van der Waals surface area contributed by atoms with E-state index in [0.717, 1.165) is 56.2 Å². The summed E-state index contributed by atoms with van der Waals surface area (Å²) in [4.78, 5) is 4.60. The number of benzene rings is 1. The molecule has 4 saturated carbocycles. The van der Waals surface area contributed by atoms with E-state index in [-0.39, 0.29) is 5.82 Å².